The summed E-state index contributed by atoms with van der Waals surface area (Å²) in [6.45, 7) is 3.33. The molecule has 1 N–H and O–H groups in total. The largest absolute Gasteiger partial charge is 0.340 e. The van der Waals surface area contributed by atoms with E-state index in [1.807, 2.05) is 9.80 Å². The average Bonchev–Trinajstić information content (AvgIpc) is 2.85. The second-order valence-electron chi connectivity index (χ2n) is 8.75. The molecule has 9 heteroatoms. The first-order chi connectivity index (χ1) is 16.4. The number of piperidine rings is 1. The fourth-order valence-corrected chi connectivity index (χ4v) is 4.46. The number of carbonyl (C=O) groups is 3. The molecule has 2 heterocycles. The minimum atomic E-state index is -0.393. The summed E-state index contributed by atoms with van der Waals surface area (Å²) in [5, 5.41) is 2.75. The molecule has 4 rings (SSSR count). The van der Waals surface area contributed by atoms with Crippen LogP contribution < -0.4 is 5.32 Å². The van der Waals surface area contributed by atoms with Gasteiger partial charge in [0.1, 0.15) is 11.6 Å². The Kier molecular flexibility index (Phi) is 7.52. The van der Waals surface area contributed by atoms with E-state index in [4.69, 9.17) is 0 Å². The summed E-state index contributed by atoms with van der Waals surface area (Å²) in [6.07, 6.45) is 1.47. The van der Waals surface area contributed by atoms with Gasteiger partial charge in [0.25, 0.3) is 5.91 Å². The molecule has 2 aliphatic rings. The van der Waals surface area contributed by atoms with Gasteiger partial charge < -0.3 is 15.1 Å². The van der Waals surface area contributed by atoms with Crippen molar-refractivity contribution >= 4 is 23.4 Å². The Morgan fingerprint density at radius 2 is 1.44 bits per heavy atom. The number of amides is 3. The van der Waals surface area contributed by atoms with Crippen molar-refractivity contribution in [2.45, 2.75) is 12.8 Å². The lowest BCUT2D eigenvalue weighted by molar-refractivity contribution is -0.138. The van der Waals surface area contributed by atoms with Gasteiger partial charge >= 0.3 is 0 Å². The zero-order valence-corrected chi connectivity index (χ0v) is 18.9. The highest BCUT2D eigenvalue weighted by Gasteiger charge is 2.33. The molecule has 0 aromatic heterocycles. The third-order valence-corrected chi connectivity index (χ3v) is 6.33. The monoisotopic (exact) mass is 470 g/mol. The Balaban J connectivity index is 1.24. The van der Waals surface area contributed by atoms with Crippen molar-refractivity contribution in [3.8, 4) is 0 Å². The lowest BCUT2D eigenvalue weighted by atomic mass is 9.95. The number of hydrogen-bond acceptors (Lipinski definition) is 4. The average molecular weight is 471 g/mol. The van der Waals surface area contributed by atoms with Crippen molar-refractivity contribution in [2.75, 3.05) is 51.1 Å². The highest BCUT2D eigenvalue weighted by Crippen LogP contribution is 2.22. The Morgan fingerprint density at radius 3 is 2.09 bits per heavy atom. The Labute approximate surface area is 197 Å². The standard InChI is InChI=1S/C25H28F2N4O3/c26-20-5-3-18(4-6-20)24(33)31-11-1-2-19(16-31)25(34)30-14-12-29(13-15-30)17-23(32)28-22-9-7-21(27)8-10-22/h3-10,19H,1-2,11-17H2,(H,28,32). The van der Waals surface area contributed by atoms with Crippen molar-refractivity contribution in [1.29, 1.82) is 0 Å². The van der Waals surface area contributed by atoms with Crippen LogP contribution >= 0.6 is 0 Å². The summed E-state index contributed by atoms with van der Waals surface area (Å²) >= 11 is 0. The lowest BCUT2D eigenvalue weighted by Crippen LogP contribution is -2.54. The number of carbonyl (C=O) groups excluding carboxylic acids is 3. The number of likely N-dealkylation sites (tertiary alicyclic amines) is 1. The second kappa shape index (κ2) is 10.7. The van der Waals surface area contributed by atoms with Crippen LogP contribution in [-0.2, 0) is 9.59 Å². The van der Waals surface area contributed by atoms with Gasteiger partial charge in [-0.1, -0.05) is 0 Å². The highest BCUT2D eigenvalue weighted by molar-refractivity contribution is 5.94. The van der Waals surface area contributed by atoms with E-state index in [9.17, 15) is 23.2 Å². The number of anilines is 1. The summed E-state index contributed by atoms with van der Waals surface area (Å²) in [5.41, 5.74) is 0.958. The van der Waals surface area contributed by atoms with E-state index in [0.717, 1.165) is 12.8 Å². The van der Waals surface area contributed by atoms with Gasteiger partial charge in [0.15, 0.2) is 0 Å². The normalized spacial score (nSPS) is 19.1. The zero-order chi connectivity index (χ0) is 24.1. The molecule has 7 nitrogen and oxygen atoms in total. The quantitative estimate of drug-likeness (QED) is 0.729. The third kappa shape index (κ3) is 5.96. The first kappa shape index (κ1) is 23.8. The first-order valence-corrected chi connectivity index (χ1v) is 11.5. The van der Waals surface area contributed by atoms with Gasteiger partial charge in [-0.25, -0.2) is 8.78 Å². The number of nitrogens with one attached hydrogen (secondary N) is 1. The molecule has 1 unspecified atom stereocenters. The molecule has 2 aliphatic heterocycles. The number of piperazine rings is 1. The summed E-state index contributed by atoms with van der Waals surface area (Å²) in [7, 11) is 0. The number of hydrogen-bond donors (Lipinski definition) is 1. The molecule has 0 saturated carbocycles. The van der Waals surface area contributed by atoms with Crippen LogP contribution in [0.3, 0.4) is 0 Å². The van der Waals surface area contributed by atoms with Crippen molar-refractivity contribution in [2.24, 2.45) is 5.92 Å². The van der Waals surface area contributed by atoms with E-state index < -0.39 is 5.82 Å². The van der Waals surface area contributed by atoms with Gasteiger partial charge in [0.05, 0.1) is 12.5 Å². The summed E-state index contributed by atoms with van der Waals surface area (Å²) in [4.78, 5) is 43.6. The molecule has 2 saturated heterocycles. The first-order valence-electron chi connectivity index (χ1n) is 11.5. The van der Waals surface area contributed by atoms with Crippen LogP contribution in [0.25, 0.3) is 0 Å². The van der Waals surface area contributed by atoms with Crippen LogP contribution in [0, 0.1) is 17.6 Å². The van der Waals surface area contributed by atoms with Crippen LogP contribution in [-0.4, -0.2) is 78.2 Å². The third-order valence-electron chi connectivity index (χ3n) is 6.33. The number of nitrogens with zero attached hydrogens (tertiary/aromatic N) is 3. The molecule has 0 aliphatic carbocycles. The Morgan fingerprint density at radius 1 is 0.824 bits per heavy atom. The molecular formula is C25H28F2N4O3. The molecule has 2 aromatic carbocycles. The predicted octanol–water partition coefficient (Wildman–Crippen LogP) is 2.60. The Hall–Kier alpha value is -3.33. The predicted molar refractivity (Wildman–Crippen MR) is 123 cm³/mol. The number of benzene rings is 2. The smallest absolute Gasteiger partial charge is 0.253 e. The van der Waals surface area contributed by atoms with Crippen LogP contribution in [0.2, 0.25) is 0 Å². The molecule has 2 fully saturated rings. The van der Waals surface area contributed by atoms with Crippen LogP contribution in [0.1, 0.15) is 23.2 Å². The van der Waals surface area contributed by atoms with Crippen molar-refractivity contribution in [3.63, 3.8) is 0 Å². The maximum absolute atomic E-state index is 13.2. The molecular weight excluding hydrogens is 442 g/mol. The van der Waals surface area contributed by atoms with Gasteiger partial charge in [-0.3, -0.25) is 19.3 Å². The summed E-state index contributed by atoms with van der Waals surface area (Å²) in [6, 6.07) is 11.1. The molecule has 34 heavy (non-hydrogen) atoms. The zero-order valence-electron chi connectivity index (χ0n) is 18.9. The van der Waals surface area contributed by atoms with Crippen LogP contribution in [0.4, 0.5) is 14.5 Å². The fraction of sp³-hybridized carbons (Fsp3) is 0.400. The minimum Gasteiger partial charge on any atom is -0.340 e. The summed E-state index contributed by atoms with van der Waals surface area (Å²) < 4.78 is 26.2. The molecule has 1 atom stereocenters. The van der Waals surface area contributed by atoms with Gasteiger partial charge in [0, 0.05) is 50.5 Å². The van der Waals surface area contributed by atoms with Crippen molar-refractivity contribution < 1.29 is 23.2 Å². The second-order valence-corrected chi connectivity index (χ2v) is 8.75. The van der Waals surface area contributed by atoms with Crippen LogP contribution in [0.15, 0.2) is 48.5 Å². The summed E-state index contributed by atoms with van der Waals surface area (Å²) in [5.74, 6) is -1.35. The SMILES string of the molecule is O=C(CN1CCN(C(=O)C2CCCN(C(=O)c3ccc(F)cc3)C2)CC1)Nc1ccc(F)cc1. The van der Waals surface area contributed by atoms with Crippen LogP contribution in [0.5, 0.6) is 0 Å². The Bertz CT molecular complexity index is 1020. The molecule has 0 spiro atoms. The van der Waals surface area contributed by atoms with Gasteiger partial charge in [-0.05, 0) is 61.4 Å². The van der Waals surface area contributed by atoms with Gasteiger partial charge in [-0.2, -0.15) is 0 Å². The minimum absolute atomic E-state index is 0.0343. The van der Waals surface area contributed by atoms with Gasteiger partial charge in [-0.15, -0.1) is 0 Å². The lowest BCUT2D eigenvalue weighted by Gasteiger charge is -2.38. The van der Waals surface area contributed by atoms with Gasteiger partial charge in [0.2, 0.25) is 11.8 Å². The molecule has 2 aromatic rings. The van der Waals surface area contributed by atoms with Crippen molar-refractivity contribution in [1.82, 2.24) is 14.7 Å². The van der Waals surface area contributed by atoms with E-state index >= 15 is 0 Å². The molecule has 180 valence electrons. The van der Waals surface area contributed by atoms with E-state index in [0.29, 0.717) is 50.5 Å². The van der Waals surface area contributed by atoms with E-state index in [-0.39, 0.29) is 36.0 Å². The maximum Gasteiger partial charge on any atom is 0.253 e. The van der Waals surface area contributed by atoms with E-state index in [2.05, 4.69) is 5.32 Å². The van der Waals surface area contributed by atoms with E-state index in [1.54, 1.807) is 4.90 Å². The topological polar surface area (TPSA) is 73.0 Å². The highest BCUT2D eigenvalue weighted by atomic mass is 19.1. The fourth-order valence-electron chi connectivity index (χ4n) is 4.46. The van der Waals surface area contributed by atoms with Crippen molar-refractivity contribution in [3.05, 3.63) is 65.7 Å². The maximum atomic E-state index is 13.2. The van der Waals surface area contributed by atoms with E-state index in [1.165, 1.54) is 48.5 Å². The molecule has 3 amide bonds. The molecule has 0 radical (unpaired) electrons. The number of rotatable bonds is 5. The number of halogens is 2. The molecule has 0 bridgehead atoms.